The molecule has 0 unspecified atom stereocenters. The molecule has 0 radical (unpaired) electrons. The maximum Gasteiger partial charge on any atom is 0.227 e. The largest absolute Gasteiger partial charge is 0.259 e. The van der Waals surface area contributed by atoms with E-state index in [-0.39, 0.29) is 0 Å². The minimum Gasteiger partial charge on any atom is -0.259 e. The quantitative estimate of drug-likeness (QED) is 0.333. The highest BCUT2D eigenvalue weighted by Crippen LogP contribution is 1.57. The Morgan fingerprint density at radius 2 is 2.20 bits per heavy atom. The van der Waals surface area contributed by atoms with Crippen molar-refractivity contribution in [1.29, 1.82) is 0 Å². The molecule has 3 nitrogen and oxygen atoms in total. The van der Waals surface area contributed by atoms with Gasteiger partial charge in [-0.15, -0.1) is 0 Å². The minimum absolute atomic E-state index is 0.611. The van der Waals surface area contributed by atoms with Crippen LogP contribution in [-0.4, -0.2) is 4.92 Å². The van der Waals surface area contributed by atoms with E-state index >= 15 is 0 Å². The van der Waals surface area contributed by atoms with Crippen molar-refractivity contribution in [3.8, 4) is 0 Å². The van der Waals surface area contributed by atoms with Crippen LogP contribution in [0.4, 0.5) is 0 Å². The van der Waals surface area contributed by atoms with Gasteiger partial charge < -0.3 is 0 Å². The fourth-order valence-corrected chi connectivity index (χ4v) is 0. The summed E-state index contributed by atoms with van der Waals surface area (Å²) in [5.41, 5.74) is 0. The number of hydrogen-bond donors (Lipinski definition) is 0. The van der Waals surface area contributed by atoms with Crippen molar-refractivity contribution in [2.75, 3.05) is 0 Å². The van der Waals surface area contributed by atoms with Gasteiger partial charge in [0.25, 0.3) is 0 Å². The Kier molecular flexibility index (Phi) is 1.21. The van der Waals surface area contributed by atoms with Crippen LogP contribution in [0.2, 0.25) is 0 Å². The molecule has 3 heteroatoms. The highest BCUT2D eigenvalue weighted by atomic mass is 16.6. The molecule has 0 rings (SSSR count). The van der Waals surface area contributed by atoms with Crippen molar-refractivity contribution in [2.45, 2.75) is 0 Å². The zero-order valence-corrected chi connectivity index (χ0v) is 2.55. The van der Waals surface area contributed by atoms with Crippen molar-refractivity contribution in [2.24, 2.45) is 0 Å². The molecule has 0 aromatic heterocycles. The topological polar surface area (TPSA) is 43.1 Å². The van der Waals surface area contributed by atoms with Gasteiger partial charge in [0.15, 0.2) is 0 Å². The monoisotopic (exact) mass is 73.0 g/mol. The maximum atomic E-state index is 9.06. The highest BCUT2D eigenvalue weighted by molar-refractivity contribution is 4.43. The highest BCUT2D eigenvalue weighted by Gasteiger charge is 1.69. The lowest BCUT2D eigenvalue weighted by atomic mass is 11.1. The van der Waals surface area contributed by atoms with Gasteiger partial charge in [-0.1, -0.05) is 0 Å². The number of nitro groups is 1. The Morgan fingerprint density at radius 1 is 2.00 bits per heavy atom. The first-order chi connectivity index (χ1) is 2.27. The normalized spacial score (nSPS) is 6.40. The van der Waals surface area contributed by atoms with Gasteiger partial charge in [0.2, 0.25) is 6.20 Å². The predicted molar refractivity (Wildman–Crippen MR) is 17.2 cm³/mol. The second-order valence-electron chi connectivity index (χ2n) is 0.468. The van der Waals surface area contributed by atoms with E-state index in [4.69, 9.17) is 10.1 Å². The number of hydrogen-bond acceptors (Lipinski definition) is 2. The molecule has 0 amide bonds. The van der Waals surface area contributed by atoms with E-state index in [1.165, 1.54) is 0 Å². The lowest BCUT2D eigenvalue weighted by Crippen LogP contribution is -1.77. The van der Waals surface area contributed by atoms with Crippen LogP contribution >= 0.6 is 0 Å². The van der Waals surface area contributed by atoms with Crippen molar-refractivity contribution >= 4 is 0 Å². The summed E-state index contributed by atoms with van der Waals surface area (Å²) in [7, 11) is 0. The summed E-state index contributed by atoms with van der Waals surface area (Å²) in [6.45, 7) is 2.86. The molecular weight excluding hydrogens is 70.0 g/mol. The second kappa shape index (κ2) is 1.46. The summed E-state index contributed by atoms with van der Waals surface area (Å²) < 4.78 is 0. The third-order valence-corrected chi connectivity index (χ3v) is 0.149. The van der Waals surface area contributed by atoms with Gasteiger partial charge >= 0.3 is 0 Å². The molecule has 0 aromatic rings. The van der Waals surface area contributed by atoms with Crippen molar-refractivity contribution in [1.82, 2.24) is 0 Å². The first kappa shape index (κ1) is 4.14. The van der Waals surface area contributed by atoms with E-state index in [2.05, 4.69) is 6.58 Å². The van der Waals surface area contributed by atoms with Gasteiger partial charge in [-0.2, -0.15) is 0 Å². The van der Waals surface area contributed by atoms with Crippen LogP contribution in [-0.2, 0) is 0 Å². The van der Waals surface area contributed by atoms with Gasteiger partial charge in [-0.25, -0.2) is 0 Å². The molecule has 0 saturated heterocycles. The zero-order valence-electron chi connectivity index (χ0n) is 2.55. The zero-order chi connectivity index (χ0) is 4.28. The SMILES string of the molecule is C=C[N+](=O)[O-]. The fraction of sp³-hybridized carbons (Fsp3) is 0. The third-order valence-electron chi connectivity index (χ3n) is 0.149. The van der Waals surface area contributed by atoms with Crippen LogP contribution in [0, 0.1) is 10.1 Å². The molecule has 0 N–H and O–H groups in total. The summed E-state index contributed by atoms with van der Waals surface area (Å²) in [5.74, 6) is 0. The summed E-state index contributed by atoms with van der Waals surface area (Å²) in [5, 5.41) is 9.06. The van der Waals surface area contributed by atoms with E-state index in [9.17, 15) is 0 Å². The van der Waals surface area contributed by atoms with E-state index in [0.717, 1.165) is 0 Å². The van der Waals surface area contributed by atoms with E-state index in [0.29, 0.717) is 6.20 Å². The molecular formula is C2H3NO2. The average molecular weight is 73.1 g/mol. The molecule has 0 aromatic carbocycles. The minimum atomic E-state index is -0.611. The van der Waals surface area contributed by atoms with Crippen LogP contribution in [0.1, 0.15) is 0 Å². The molecule has 0 fully saturated rings. The smallest absolute Gasteiger partial charge is 0.227 e. The van der Waals surface area contributed by atoms with E-state index in [1.54, 1.807) is 0 Å². The van der Waals surface area contributed by atoms with E-state index < -0.39 is 4.92 Å². The molecule has 0 atom stereocenters. The van der Waals surface area contributed by atoms with Gasteiger partial charge in [0.05, 0.1) is 4.92 Å². The molecule has 5 heavy (non-hydrogen) atoms. The Bertz CT molecular complexity index is 58.7. The van der Waals surface area contributed by atoms with Crippen molar-refractivity contribution in [3.63, 3.8) is 0 Å². The van der Waals surface area contributed by atoms with Crippen LogP contribution < -0.4 is 0 Å². The second-order valence-corrected chi connectivity index (χ2v) is 0.468. The van der Waals surface area contributed by atoms with Gasteiger partial charge in [-0.3, -0.25) is 10.1 Å². The first-order valence-corrected chi connectivity index (χ1v) is 1.03. The van der Waals surface area contributed by atoms with Crippen molar-refractivity contribution in [3.05, 3.63) is 22.9 Å². The van der Waals surface area contributed by atoms with Gasteiger partial charge in [0, 0.05) is 0 Å². The summed E-state index contributed by atoms with van der Waals surface area (Å²) in [6, 6.07) is 0. The third kappa shape index (κ3) is 3.14. The van der Waals surface area contributed by atoms with Crippen LogP contribution in [0.25, 0.3) is 0 Å². The van der Waals surface area contributed by atoms with Crippen LogP contribution in [0.3, 0.4) is 0 Å². The van der Waals surface area contributed by atoms with Crippen molar-refractivity contribution < 1.29 is 4.92 Å². The molecule has 0 aliphatic rings. The first-order valence-electron chi connectivity index (χ1n) is 1.03. The molecule has 0 aliphatic heterocycles. The summed E-state index contributed by atoms with van der Waals surface area (Å²) in [6.07, 6.45) is 0.639. The Labute approximate surface area is 29.1 Å². The Hall–Kier alpha value is -0.860. The average Bonchev–Trinajstić information content (AvgIpc) is 1.38. The molecule has 0 aliphatic carbocycles. The molecule has 0 spiro atoms. The Balaban J connectivity index is 3.20. The van der Waals surface area contributed by atoms with Crippen LogP contribution in [0.15, 0.2) is 12.8 Å². The van der Waals surface area contributed by atoms with E-state index in [1.807, 2.05) is 0 Å². The molecule has 0 heterocycles. The maximum absolute atomic E-state index is 9.06. The molecule has 28 valence electrons. The summed E-state index contributed by atoms with van der Waals surface area (Å²) >= 11 is 0. The lowest BCUT2D eigenvalue weighted by molar-refractivity contribution is -0.401. The Morgan fingerprint density at radius 3 is 2.20 bits per heavy atom. The molecule has 0 saturated carbocycles. The van der Waals surface area contributed by atoms with Gasteiger partial charge in [0.1, 0.15) is 0 Å². The summed E-state index contributed by atoms with van der Waals surface area (Å²) in [4.78, 5) is 8.44. The lowest BCUT2D eigenvalue weighted by Gasteiger charge is -1.65. The predicted octanol–water partition coefficient (Wildman–Crippen LogP) is 0.407. The van der Waals surface area contributed by atoms with Gasteiger partial charge in [-0.05, 0) is 6.58 Å². The van der Waals surface area contributed by atoms with Crippen LogP contribution in [0.5, 0.6) is 0 Å². The number of rotatable bonds is 1. The molecule has 0 bridgehead atoms. The standard InChI is InChI=1S/C2H3NO2/c1-2-3(4)5/h2H,1H2. The number of nitrogens with zero attached hydrogens (tertiary/aromatic N) is 1. The fourth-order valence-electron chi connectivity index (χ4n) is 0.